The third-order valence-electron chi connectivity index (χ3n) is 3.93. The van der Waals surface area contributed by atoms with Crippen LogP contribution in [0.1, 0.15) is 12.8 Å². The Labute approximate surface area is 153 Å². The second-order valence-corrected chi connectivity index (χ2v) is 5.83. The highest BCUT2D eigenvalue weighted by Gasteiger charge is 2.13. The van der Waals surface area contributed by atoms with Crippen LogP contribution < -0.4 is 15.6 Å². The van der Waals surface area contributed by atoms with E-state index in [-0.39, 0.29) is 12.1 Å². The van der Waals surface area contributed by atoms with Crippen LogP contribution in [0.5, 0.6) is 5.75 Å². The maximum absolute atomic E-state index is 13.5. The predicted molar refractivity (Wildman–Crippen MR) is 96.8 cm³/mol. The van der Waals surface area contributed by atoms with Gasteiger partial charge in [-0.2, -0.15) is 0 Å². The van der Waals surface area contributed by atoms with E-state index in [2.05, 4.69) is 10.9 Å². The summed E-state index contributed by atoms with van der Waals surface area (Å²) in [6.07, 6.45) is 0.542. The Bertz CT molecular complexity index is 958. The van der Waals surface area contributed by atoms with Gasteiger partial charge in [-0.3, -0.25) is 15.6 Å². The molecule has 0 unspecified atom stereocenters. The van der Waals surface area contributed by atoms with Gasteiger partial charge in [-0.25, -0.2) is 13.2 Å². The fraction of sp³-hybridized carbons (Fsp3) is 0.150. The molecule has 3 aromatic carbocycles. The third kappa shape index (κ3) is 4.49. The quantitative estimate of drug-likeness (QED) is 0.362. The molecule has 27 heavy (non-hydrogen) atoms. The molecule has 0 fully saturated rings. The molecule has 0 saturated heterocycles. The van der Waals surface area contributed by atoms with Gasteiger partial charge in [0, 0.05) is 11.8 Å². The SMILES string of the molecule is O=C(CCCOc1cccc2ccccc12)NNc1ccc(F)c(F)c1F. The van der Waals surface area contributed by atoms with Gasteiger partial charge in [0.1, 0.15) is 5.75 Å². The molecule has 0 aliphatic heterocycles. The molecule has 0 radical (unpaired) electrons. The van der Waals surface area contributed by atoms with E-state index in [1.54, 1.807) is 0 Å². The van der Waals surface area contributed by atoms with E-state index in [0.717, 1.165) is 28.7 Å². The number of carbonyl (C=O) groups is 1. The Balaban J connectivity index is 1.45. The number of hydrogen-bond donors (Lipinski definition) is 2. The summed E-state index contributed by atoms with van der Waals surface area (Å²) in [5.41, 5.74) is 4.13. The summed E-state index contributed by atoms with van der Waals surface area (Å²) in [7, 11) is 0. The highest BCUT2D eigenvalue weighted by Crippen LogP contribution is 2.25. The lowest BCUT2D eigenvalue weighted by atomic mass is 10.1. The van der Waals surface area contributed by atoms with Gasteiger partial charge in [0.05, 0.1) is 12.3 Å². The van der Waals surface area contributed by atoms with Crippen LogP contribution in [0.15, 0.2) is 54.6 Å². The predicted octanol–water partition coefficient (Wildman–Crippen LogP) is 4.56. The number of carbonyl (C=O) groups excluding carboxylic acids is 1. The molecule has 0 spiro atoms. The summed E-state index contributed by atoms with van der Waals surface area (Å²) in [6, 6.07) is 15.3. The van der Waals surface area contributed by atoms with E-state index in [4.69, 9.17) is 4.74 Å². The monoisotopic (exact) mass is 374 g/mol. The van der Waals surface area contributed by atoms with Gasteiger partial charge in [0.25, 0.3) is 0 Å². The lowest BCUT2D eigenvalue weighted by Crippen LogP contribution is -2.30. The van der Waals surface area contributed by atoms with E-state index in [1.165, 1.54) is 0 Å². The van der Waals surface area contributed by atoms with E-state index >= 15 is 0 Å². The summed E-state index contributed by atoms with van der Waals surface area (Å²) >= 11 is 0. The van der Waals surface area contributed by atoms with E-state index in [1.807, 2.05) is 42.5 Å². The first-order chi connectivity index (χ1) is 13.1. The molecule has 0 bridgehead atoms. The van der Waals surface area contributed by atoms with Crippen LogP contribution >= 0.6 is 0 Å². The highest BCUT2D eigenvalue weighted by molar-refractivity contribution is 5.88. The van der Waals surface area contributed by atoms with Crippen LogP contribution in [-0.4, -0.2) is 12.5 Å². The number of halogens is 3. The van der Waals surface area contributed by atoms with Crippen LogP contribution in [-0.2, 0) is 4.79 Å². The molecule has 0 heterocycles. The summed E-state index contributed by atoms with van der Waals surface area (Å²) in [5, 5.41) is 2.05. The number of hydrogen-bond acceptors (Lipinski definition) is 3. The van der Waals surface area contributed by atoms with Crippen molar-refractivity contribution in [2.75, 3.05) is 12.0 Å². The van der Waals surface area contributed by atoms with Gasteiger partial charge < -0.3 is 4.74 Å². The third-order valence-corrected chi connectivity index (χ3v) is 3.93. The number of nitrogens with one attached hydrogen (secondary N) is 2. The van der Waals surface area contributed by atoms with Crippen LogP contribution in [0.4, 0.5) is 18.9 Å². The van der Waals surface area contributed by atoms with Gasteiger partial charge in [0.15, 0.2) is 17.5 Å². The molecule has 0 atom stereocenters. The molecule has 0 saturated carbocycles. The zero-order valence-corrected chi connectivity index (χ0v) is 14.3. The van der Waals surface area contributed by atoms with Gasteiger partial charge in [0.2, 0.25) is 5.91 Å². The minimum atomic E-state index is -1.60. The summed E-state index contributed by atoms with van der Waals surface area (Å²) in [5.74, 6) is -3.99. The Hall–Kier alpha value is -3.22. The average Bonchev–Trinajstić information content (AvgIpc) is 2.69. The molecule has 3 aromatic rings. The molecule has 1 amide bonds. The normalized spacial score (nSPS) is 10.6. The van der Waals surface area contributed by atoms with E-state index < -0.39 is 23.4 Å². The van der Waals surface area contributed by atoms with Gasteiger partial charge in [-0.15, -0.1) is 0 Å². The number of ether oxygens (including phenoxy) is 1. The van der Waals surface area contributed by atoms with Gasteiger partial charge in [-0.1, -0.05) is 36.4 Å². The minimum absolute atomic E-state index is 0.114. The van der Waals surface area contributed by atoms with Crippen molar-refractivity contribution >= 4 is 22.4 Å². The summed E-state index contributed by atoms with van der Waals surface area (Å²) in [4.78, 5) is 11.8. The van der Waals surface area contributed by atoms with Crippen molar-refractivity contribution in [1.29, 1.82) is 0 Å². The second kappa shape index (κ2) is 8.44. The fourth-order valence-corrected chi connectivity index (χ4v) is 2.56. The Morgan fingerprint density at radius 1 is 0.926 bits per heavy atom. The Kier molecular flexibility index (Phi) is 5.80. The van der Waals surface area contributed by atoms with Crippen molar-refractivity contribution in [2.45, 2.75) is 12.8 Å². The molecule has 4 nitrogen and oxygen atoms in total. The van der Waals surface area contributed by atoms with Crippen molar-refractivity contribution in [3.8, 4) is 5.75 Å². The molecule has 3 rings (SSSR count). The molecule has 0 aromatic heterocycles. The molecular weight excluding hydrogens is 357 g/mol. The van der Waals surface area contributed by atoms with Crippen LogP contribution in [0.2, 0.25) is 0 Å². The zero-order chi connectivity index (χ0) is 19.2. The molecule has 7 heteroatoms. The number of anilines is 1. The van der Waals surface area contributed by atoms with E-state index in [9.17, 15) is 18.0 Å². The van der Waals surface area contributed by atoms with E-state index in [0.29, 0.717) is 13.0 Å². The molecule has 2 N–H and O–H groups in total. The summed E-state index contributed by atoms with van der Waals surface area (Å²) in [6.45, 7) is 0.320. The standard InChI is InChI=1S/C20H17F3N2O2/c21-15-10-11-16(20(23)19(15)22)24-25-18(26)9-4-12-27-17-8-3-6-13-5-1-2-7-14(13)17/h1-3,5-8,10-11,24H,4,9,12H2,(H,25,26). The number of fused-ring (bicyclic) bond motifs is 1. The zero-order valence-electron chi connectivity index (χ0n) is 14.3. The minimum Gasteiger partial charge on any atom is -0.493 e. The Morgan fingerprint density at radius 3 is 2.56 bits per heavy atom. The highest BCUT2D eigenvalue weighted by atomic mass is 19.2. The number of rotatable bonds is 7. The van der Waals surface area contributed by atoms with Crippen LogP contribution in [0.3, 0.4) is 0 Å². The van der Waals surface area contributed by atoms with Crippen molar-refractivity contribution < 1.29 is 22.7 Å². The van der Waals surface area contributed by atoms with Crippen LogP contribution in [0, 0.1) is 17.5 Å². The number of hydrazine groups is 1. The molecule has 140 valence electrons. The molecule has 0 aliphatic rings. The summed E-state index contributed by atoms with van der Waals surface area (Å²) < 4.78 is 45.2. The van der Waals surface area contributed by atoms with Crippen molar-refractivity contribution in [3.63, 3.8) is 0 Å². The lowest BCUT2D eigenvalue weighted by Gasteiger charge is -2.11. The maximum Gasteiger partial charge on any atom is 0.238 e. The first kappa shape index (κ1) is 18.6. The first-order valence-electron chi connectivity index (χ1n) is 8.35. The first-order valence-corrected chi connectivity index (χ1v) is 8.35. The second-order valence-electron chi connectivity index (χ2n) is 5.83. The van der Waals surface area contributed by atoms with Crippen molar-refractivity contribution in [3.05, 3.63) is 72.0 Å². The lowest BCUT2D eigenvalue weighted by molar-refractivity contribution is -0.120. The van der Waals surface area contributed by atoms with Gasteiger partial charge in [-0.05, 0) is 30.0 Å². The number of amides is 1. The largest absolute Gasteiger partial charge is 0.493 e. The van der Waals surface area contributed by atoms with Crippen molar-refractivity contribution in [2.24, 2.45) is 0 Å². The van der Waals surface area contributed by atoms with Crippen LogP contribution in [0.25, 0.3) is 10.8 Å². The average molecular weight is 374 g/mol. The number of benzene rings is 3. The molecule has 0 aliphatic carbocycles. The molecular formula is C20H17F3N2O2. The van der Waals surface area contributed by atoms with Gasteiger partial charge >= 0.3 is 0 Å². The maximum atomic E-state index is 13.5. The Morgan fingerprint density at radius 2 is 1.70 bits per heavy atom. The fourth-order valence-electron chi connectivity index (χ4n) is 2.56. The van der Waals surface area contributed by atoms with Crippen molar-refractivity contribution in [1.82, 2.24) is 5.43 Å². The topological polar surface area (TPSA) is 50.4 Å². The smallest absolute Gasteiger partial charge is 0.238 e.